The highest BCUT2D eigenvalue weighted by atomic mass is 35.5. The van der Waals surface area contributed by atoms with Gasteiger partial charge in [0.1, 0.15) is 0 Å². The molecule has 0 bridgehead atoms. The topological polar surface area (TPSA) is 12.0 Å². The molecular formula is C8H19Cl2FN2. The van der Waals surface area contributed by atoms with Gasteiger partial charge in [-0.05, 0) is 25.6 Å². The molecule has 0 fully saturated rings. The van der Waals surface area contributed by atoms with E-state index < -0.39 is 0 Å². The second kappa shape index (κ2) is 6.02. The molecule has 0 aliphatic heterocycles. The highest BCUT2D eigenvalue weighted by Gasteiger charge is 2.22. The average Bonchev–Trinajstić information content (AvgIpc) is 2.02. The van der Waals surface area contributed by atoms with Crippen molar-refractivity contribution in [2.75, 3.05) is 27.4 Å². The summed E-state index contributed by atoms with van der Waals surface area (Å²) in [6, 6.07) is 0. The molecule has 13 heavy (non-hydrogen) atoms. The van der Waals surface area contributed by atoms with Crippen LogP contribution in [0, 0.1) is 0 Å². The first-order valence-electron chi connectivity index (χ1n) is 4.09. The fraction of sp³-hybridized carbons (Fsp3) is 1.00. The van der Waals surface area contributed by atoms with Gasteiger partial charge in [0, 0.05) is 12.0 Å². The van der Waals surface area contributed by atoms with Crippen LogP contribution in [0.5, 0.6) is 0 Å². The minimum absolute atomic E-state index is 0. The summed E-state index contributed by atoms with van der Waals surface area (Å²) in [4.78, 5) is 2.68. The van der Waals surface area contributed by atoms with Crippen LogP contribution in [0.4, 0.5) is 4.39 Å². The second-order valence-electron chi connectivity index (χ2n) is 4.51. The van der Waals surface area contributed by atoms with Crippen LogP contribution in [-0.2, 0) is 0 Å². The summed E-state index contributed by atoms with van der Waals surface area (Å²) in [5.41, 5.74) is -0.119. The van der Waals surface area contributed by atoms with E-state index in [9.17, 15) is 4.39 Å². The first-order chi connectivity index (χ1) is 5.33. The van der Waals surface area contributed by atoms with Gasteiger partial charge in [-0.15, -0.1) is 0 Å². The predicted octanol–water partition coefficient (Wildman–Crippen LogP) is -1.09. The largest absolute Gasteiger partial charge is 1.00 e. The van der Waals surface area contributed by atoms with Crippen LogP contribution in [-0.4, -0.2) is 37.5 Å². The number of rotatable bonds is 5. The monoisotopic (exact) mass is 232 g/mol. The van der Waals surface area contributed by atoms with E-state index >= 15 is 0 Å². The van der Waals surface area contributed by atoms with Crippen molar-refractivity contribution in [1.29, 1.82) is 0 Å². The van der Waals surface area contributed by atoms with Crippen molar-refractivity contribution in [3.63, 3.8) is 0 Å². The second-order valence-corrected chi connectivity index (χ2v) is 4.70. The number of alkyl halides is 1. The van der Waals surface area contributed by atoms with Crippen LogP contribution in [0.15, 0.2) is 0 Å². The van der Waals surface area contributed by atoms with Gasteiger partial charge in [0.05, 0.1) is 20.6 Å². The SMILES string of the molecule is CC(C)(CC[N+](C)(C)CF)NCl.[Cl-]. The molecule has 0 heterocycles. The molecule has 0 atom stereocenters. The molecule has 0 unspecified atom stereocenters. The summed E-state index contributed by atoms with van der Waals surface area (Å²) in [5, 5.41) is 0. The molecular weight excluding hydrogens is 214 g/mol. The Bertz CT molecular complexity index is 124. The van der Waals surface area contributed by atoms with Crippen molar-refractivity contribution in [1.82, 2.24) is 4.84 Å². The number of nitrogens with one attached hydrogen (secondary N) is 1. The Morgan fingerprint density at radius 3 is 2.15 bits per heavy atom. The zero-order chi connectivity index (χ0) is 9.83. The van der Waals surface area contributed by atoms with Crippen LogP contribution in [0.2, 0.25) is 0 Å². The fourth-order valence-electron chi connectivity index (χ4n) is 0.689. The number of hydrogen-bond acceptors (Lipinski definition) is 1. The molecule has 2 nitrogen and oxygen atoms in total. The summed E-state index contributed by atoms with van der Waals surface area (Å²) < 4.78 is 12.8. The summed E-state index contributed by atoms with van der Waals surface area (Å²) in [6.07, 6.45) is 0.855. The number of nitrogens with zero attached hydrogens (tertiary/aromatic N) is 1. The van der Waals surface area contributed by atoms with E-state index in [2.05, 4.69) is 4.84 Å². The van der Waals surface area contributed by atoms with Crippen molar-refractivity contribution in [3.05, 3.63) is 0 Å². The van der Waals surface area contributed by atoms with Crippen molar-refractivity contribution in [3.8, 4) is 0 Å². The van der Waals surface area contributed by atoms with Gasteiger partial charge < -0.3 is 16.9 Å². The zero-order valence-electron chi connectivity index (χ0n) is 8.70. The van der Waals surface area contributed by atoms with E-state index in [1.54, 1.807) is 0 Å². The molecule has 1 N–H and O–H groups in total. The molecule has 0 saturated heterocycles. The van der Waals surface area contributed by atoms with Gasteiger partial charge >= 0.3 is 0 Å². The highest BCUT2D eigenvalue weighted by Crippen LogP contribution is 2.12. The summed E-state index contributed by atoms with van der Waals surface area (Å²) >= 11 is 5.51. The number of halogens is 3. The van der Waals surface area contributed by atoms with Gasteiger partial charge in [-0.2, -0.15) is 4.39 Å². The van der Waals surface area contributed by atoms with Gasteiger partial charge in [-0.3, -0.25) is 0 Å². The Balaban J connectivity index is 0. The van der Waals surface area contributed by atoms with Gasteiger partial charge in [0.2, 0.25) is 6.80 Å². The van der Waals surface area contributed by atoms with Crippen LogP contribution in [0.1, 0.15) is 20.3 Å². The standard InChI is InChI=1S/C8H19ClFN2.ClH/c1-8(2,11-9)5-6-12(3,4)7-10;/h11H,5-7H2,1-4H3;1H/q+1;/p-1. The predicted molar refractivity (Wildman–Crippen MR) is 50.6 cm³/mol. The van der Waals surface area contributed by atoms with Gasteiger partial charge in [-0.25, -0.2) is 4.84 Å². The van der Waals surface area contributed by atoms with E-state index in [-0.39, 0.29) is 24.7 Å². The maximum Gasteiger partial charge on any atom is 0.221 e. The number of quaternary nitrogens is 1. The minimum atomic E-state index is -0.335. The minimum Gasteiger partial charge on any atom is -1.00 e. The van der Waals surface area contributed by atoms with E-state index in [4.69, 9.17) is 11.8 Å². The summed E-state index contributed by atoms with van der Waals surface area (Å²) in [6.45, 7) is 4.44. The third kappa shape index (κ3) is 7.50. The first-order valence-corrected chi connectivity index (χ1v) is 4.46. The van der Waals surface area contributed by atoms with Crippen molar-refractivity contribution >= 4 is 11.8 Å². The third-order valence-electron chi connectivity index (χ3n) is 1.92. The molecule has 5 heteroatoms. The lowest BCUT2D eigenvalue weighted by Crippen LogP contribution is -3.00. The van der Waals surface area contributed by atoms with Crippen LogP contribution in [0.25, 0.3) is 0 Å². The molecule has 0 aliphatic carbocycles. The lowest BCUT2D eigenvalue weighted by atomic mass is 10.0. The molecule has 82 valence electrons. The molecule has 0 radical (unpaired) electrons. The van der Waals surface area contributed by atoms with E-state index in [0.717, 1.165) is 13.0 Å². The summed E-state index contributed by atoms with van der Waals surface area (Å²) in [5.74, 6) is 0. The Kier molecular flexibility index (Phi) is 7.35. The maximum atomic E-state index is 12.4. The normalized spacial score (nSPS) is 12.5. The van der Waals surface area contributed by atoms with E-state index in [0.29, 0.717) is 4.48 Å². The molecule has 0 spiro atoms. The smallest absolute Gasteiger partial charge is 0.221 e. The molecule has 0 saturated carbocycles. The fourth-order valence-corrected chi connectivity index (χ4v) is 0.784. The van der Waals surface area contributed by atoms with Crippen molar-refractivity contribution in [2.24, 2.45) is 0 Å². The van der Waals surface area contributed by atoms with Crippen LogP contribution in [0.3, 0.4) is 0 Å². The van der Waals surface area contributed by atoms with Gasteiger partial charge in [0.25, 0.3) is 0 Å². The quantitative estimate of drug-likeness (QED) is 0.361. The molecule has 0 aromatic heterocycles. The third-order valence-corrected chi connectivity index (χ3v) is 2.43. The average molecular weight is 233 g/mol. The zero-order valence-corrected chi connectivity index (χ0v) is 10.2. The molecule has 0 aliphatic rings. The lowest BCUT2D eigenvalue weighted by molar-refractivity contribution is -0.903. The summed E-state index contributed by atoms with van der Waals surface area (Å²) in [7, 11) is 3.73. The molecule has 0 rings (SSSR count). The molecule has 0 amide bonds. The Labute approximate surface area is 91.5 Å². The van der Waals surface area contributed by atoms with Gasteiger partial charge in [-0.1, -0.05) is 0 Å². The van der Waals surface area contributed by atoms with Crippen LogP contribution >= 0.6 is 11.8 Å². The highest BCUT2D eigenvalue weighted by molar-refractivity contribution is 6.13. The Morgan fingerprint density at radius 1 is 1.38 bits per heavy atom. The first kappa shape index (κ1) is 15.9. The lowest BCUT2D eigenvalue weighted by Gasteiger charge is -2.30. The van der Waals surface area contributed by atoms with E-state index in [1.807, 2.05) is 27.9 Å². The van der Waals surface area contributed by atoms with E-state index in [1.165, 1.54) is 0 Å². The number of hydrogen-bond donors (Lipinski definition) is 1. The van der Waals surface area contributed by atoms with Crippen LogP contribution < -0.4 is 17.2 Å². The Morgan fingerprint density at radius 2 is 1.85 bits per heavy atom. The Hall–Kier alpha value is 0.430. The van der Waals surface area contributed by atoms with Gasteiger partial charge in [0.15, 0.2) is 0 Å². The molecule has 0 aromatic rings. The van der Waals surface area contributed by atoms with Crippen molar-refractivity contribution in [2.45, 2.75) is 25.8 Å². The maximum absolute atomic E-state index is 12.4. The van der Waals surface area contributed by atoms with Crippen molar-refractivity contribution < 1.29 is 21.3 Å². The molecule has 0 aromatic carbocycles.